The number of anilines is 2. The first-order valence-electron chi connectivity index (χ1n) is 8.45. The Hall–Kier alpha value is -2.69. The molecule has 0 radical (unpaired) electrons. The molecule has 2 aromatic carbocycles. The molecule has 0 fully saturated rings. The number of ether oxygens (including phenoxy) is 2. The Morgan fingerprint density at radius 3 is 2.12 bits per heavy atom. The zero-order chi connectivity index (χ0) is 18.0. The second kappa shape index (κ2) is 7.05. The van der Waals surface area contributed by atoms with Crippen LogP contribution in [-0.2, 0) is 0 Å². The average molecular weight is 340 g/mol. The molecule has 3 rings (SSSR count). The van der Waals surface area contributed by atoms with Crippen molar-refractivity contribution >= 4 is 17.3 Å². The zero-order valence-electron chi connectivity index (χ0n) is 15.2. The van der Waals surface area contributed by atoms with Crippen LogP contribution in [0.3, 0.4) is 0 Å². The molecule has 1 amide bonds. The minimum absolute atomic E-state index is 0.0481. The molecule has 0 bridgehead atoms. The number of amides is 1. The van der Waals surface area contributed by atoms with Crippen LogP contribution in [0.2, 0.25) is 0 Å². The highest BCUT2D eigenvalue weighted by molar-refractivity contribution is 6.08. The van der Waals surface area contributed by atoms with Gasteiger partial charge in [-0.1, -0.05) is 12.1 Å². The molecule has 5 nitrogen and oxygen atoms in total. The lowest BCUT2D eigenvalue weighted by Gasteiger charge is -2.40. The lowest BCUT2D eigenvalue weighted by Crippen LogP contribution is -2.46. The van der Waals surface area contributed by atoms with Crippen LogP contribution in [-0.4, -0.2) is 39.3 Å². The van der Waals surface area contributed by atoms with E-state index in [2.05, 4.69) is 24.8 Å². The summed E-state index contributed by atoms with van der Waals surface area (Å²) < 4.78 is 10.6. The van der Waals surface area contributed by atoms with Crippen LogP contribution in [0, 0.1) is 0 Å². The van der Waals surface area contributed by atoms with Gasteiger partial charge in [-0.3, -0.25) is 4.79 Å². The van der Waals surface area contributed by atoms with Gasteiger partial charge in [0, 0.05) is 30.8 Å². The van der Waals surface area contributed by atoms with Crippen LogP contribution in [0.25, 0.3) is 0 Å². The Morgan fingerprint density at radius 2 is 1.56 bits per heavy atom. The van der Waals surface area contributed by atoms with Crippen LogP contribution in [0.4, 0.5) is 11.4 Å². The van der Waals surface area contributed by atoms with E-state index in [-0.39, 0.29) is 5.91 Å². The van der Waals surface area contributed by atoms with E-state index in [4.69, 9.17) is 9.47 Å². The van der Waals surface area contributed by atoms with Crippen molar-refractivity contribution < 1.29 is 14.3 Å². The molecular formula is C20H24N2O3. The van der Waals surface area contributed by atoms with Crippen LogP contribution < -0.4 is 19.3 Å². The number of methoxy groups -OCH3 is 2. The molecule has 0 aromatic heterocycles. The Labute approximate surface area is 148 Å². The Kier molecular flexibility index (Phi) is 4.83. The predicted molar refractivity (Wildman–Crippen MR) is 100 cm³/mol. The fourth-order valence-electron chi connectivity index (χ4n) is 3.22. The molecule has 5 heteroatoms. The maximum absolute atomic E-state index is 13.2. The minimum atomic E-state index is -0.0481. The van der Waals surface area contributed by atoms with Gasteiger partial charge in [-0.2, -0.15) is 0 Å². The fraction of sp³-hybridized carbons (Fsp3) is 0.350. The number of carbonyl (C=O) groups is 1. The number of para-hydroxylation sites is 2. The summed E-state index contributed by atoms with van der Waals surface area (Å²) in [6.45, 7) is 5.79. The molecule has 0 atom stereocenters. The third kappa shape index (κ3) is 3.27. The van der Waals surface area contributed by atoms with E-state index < -0.39 is 0 Å². The van der Waals surface area contributed by atoms with Crippen molar-refractivity contribution in [1.29, 1.82) is 0 Å². The van der Waals surface area contributed by atoms with Crippen LogP contribution in [0.15, 0.2) is 42.5 Å². The summed E-state index contributed by atoms with van der Waals surface area (Å²) in [5, 5.41) is 0. The first-order chi connectivity index (χ1) is 12.0. The minimum Gasteiger partial charge on any atom is -0.497 e. The van der Waals surface area contributed by atoms with Crippen molar-refractivity contribution in [1.82, 2.24) is 0 Å². The van der Waals surface area contributed by atoms with Gasteiger partial charge in [-0.25, -0.2) is 0 Å². The van der Waals surface area contributed by atoms with Crippen LogP contribution >= 0.6 is 0 Å². The number of hydrogen-bond acceptors (Lipinski definition) is 4. The number of carbonyl (C=O) groups excluding carboxylic acids is 1. The van der Waals surface area contributed by atoms with Crippen molar-refractivity contribution in [3.8, 4) is 11.5 Å². The monoisotopic (exact) mass is 340 g/mol. The lowest BCUT2D eigenvalue weighted by atomic mass is 10.1. The molecule has 25 heavy (non-hydrogen) atoms. The second-order valence-corrected chi connectivity index (χ2v) is 6.33. The number of hydrogen-bond donors (Lipinski definition) is 0. The van der Waals surface area contributed by atoms with Gasteiger partial charge in [0.1, 0.15) is 11.5 Å². The van der Waals surface area contributed by atoms with Gasteiger partial charge in [0.25, 0.3) is 5.91 Å². The first-order valence-corrected chi connectivity index (χ1v) is 8.45. The molecule has 132 valence electrons. The topological polar surface area (TPSA) is 42.0 Å². The SMILES string of the molecule is COc1cc(OC)cc(C(=O)N2CCN(C(C)C)c3ccccc32)c1. The molecule has 0 saturated carbocycles. The normalized spacial score (nSPS) is 13.6. The highest BCUT2D eigenvalue weighted by Crippen LogP contribution is 2.35. The van der Waals surface area contributed by atoms with E-state index >= 15 is 0 Å². The van der Waals surface area contributed by atoms with Gasteiger partial charge in [0.2, 0.25) is 0 Å². The molecule has 1 heterocycles. The summed E-state index contributed by atoms with van der Waals surface area (Å²) in [4.78, 5) is 17.3. The number of fused-ring (bicyclic) bond motifs is 1. The molecule has 0 aliphatic carbocycles. The van der Waals surface area contributed by atoms with Gasteiger partial charge in [0.05, 0.1) is 25.6 Å². The van der Waals surface area contributed by atoms with E-state index in [1.807, 2.05) is 23.1 Å². The Morgan fingerprint density at radius 1 is 0.960 bits per heavy atom. The summed E-state index contributed by atoms with van der Waals surface area (Å²) in [6.07, 6.45) is 0. The quantitative estimate of drug-likeness (QED) is 0.853. The summed E-state index contributed by atoms with van der Waals surface area (Å²) in [6, 6.07) is 13.7. The summed E-state index contributed by atoms with van der Waals surface area (Å²) in [7, 11) is 3.17. The maximum Gasteiger partial charge on any atom is 0.258 e. The fourth-order valence-corrected chi connectivity index (χ4v) is 3.22. The summed E-state index contributed by atoms with van der Waals surface area (Å²) >= 11 is 0. The highest BCUT2D eigenvalue weighted by atomic mass is 16.5. The van der Waals surface area contributed by atoms with Gasteiger partial charge < -0.3 is 19.3 Å². The van der Waals surface area contributed by atoms with E-state index in [1.54, 1.807) is 32.4 Å². The molecule has 0 unspecified atom stereocenters. The van der Waals surface area contributed by atoms with Gasteiger partial charge in [-0.15, -0.1) is 0 Å². The predicted octanol–water partition coefficient (Wildman–Crippen LogP) is 3.58. The first kappa shape index (κ1) is 17.1. The van der Waals surface area contributed by atoms with Crippen molar-refractivity contribution in [2.45, 2.75) is 19.9 Å². The van der Waals surface area contributed by atoms with Crippen LogP contribution in [0.5, 0.6) is 11.5 Å². The summed E-state index contributed by atoms with van der Waals surface area (Å²) in [5.74, 6) is 1.17. The van der Waals surface area contributed by atoms with E-state index in [0.717, 1.165) is 17.9 Å². The molecule has 2 aromatic rings. The lowest BCUT2D eigenvalue weighted by molar-refractivity contribution is 0.0985. The molecule has 1 aliphatic rings. The Bertz CT molecular complexity index is 751. The molecule has 0 N–H and O–H groups in total. The standard InChI is InChI=1S/C20H24N2O3/c1-14(2)21-9-10-22(19-8-6-5-7-18(19)21)20(23)15-11-16(24-3)13-17(12-15)25-4/h5-8,11-14H,9-10H2,1-4H3. The zero-order valence-corrected chi connectivity index (χ0v) is 15.2. The average Bonchev–Trinajstić information content (AvgIpc) is 2.65. The van der Waals surface area contributed by atoms with E-state index in [1.165, 1.54) is 0 Å². The van der Waals surface area contributed by atoms with Crippen molar-refractivity contribution in [3.63, 3.8) is 0 Å². The molecule has 0 spiro atoms. The number of benzene rings is 2. The molecule has 1 aliphatic heterocycles. The van der Waals surface area contributed by atoms with E-state index in [9.17, 15) is 4.79 Å². The smallest absolute Gasteiger partial charge is 0.258 e. The third-order valence-corrected chi connectivity index (χ3v) is 4.51. The third-order valence-electron chi connectivity index (χ3n) is 4.51. The number of nitrogens with zero attached hydrogens (tertiary/aromatic N) is 2. The van der Waals surface area contributed by atoms with Crippen LogP contribution in [0.1, 0.15) is 24.2 Å². The van der Waals surface area contributed by atoms with Crippen molar-refractivity contribution in [3.05, 3.63) is 48.0 Å². The van der Waals surface area contributed by atoms with Crippen molar-refractivity contribution in [2.24, 2.45) is 0 Å². The van der Waals surface area contributed by atoms with Gasteiger partial charge >= 0.3 is 0 Å². The van der Waals surface area contributed by atoms with Crippen molar-refractivity contribution in [2.75, 3.05) is 37.1 Å². The molecular weight excluding hydrogens is 316 g/mol. The van der Waals surface area contributed by atoms with Gasteiger partial charge in [0.15, 0.2) is 0 Å². The van der Waals surface area contributed by atoms with Gasteiger partial charge in [-0.05, 0) is 38.1 Å². The maximum atomic E-state index is 13.2. The Balaban J connectivity index is 1.99. The largest absolute Gasteiger partial charge is 0.497 e. The molecule has 0 saturated heterocycles. The highest BCUT2D eigenvalue weighted by Gasteiger charge is 2.28. The number of rotatable bonds is 4. The van der Waals surface area contributed by atoms with E-state index in [0.29, 0.717) is 29.6 Å². The summed E-state index contributed by atoms with van der Waals surface area (Å²) in [5.41, 5.74) is 2.59. The second-order valence-electron chi connectivity index (χ2n) is 6.33.